The summed E-state index contributed by atoms with van der Waals surface area (Å²) in [7, 11) is 0. The van der Waals surface area contributed by atoms with E-state index in [2.05, 4.69) is 20.6 Å². The lowest BCUT2D eigenvalue weighted by atomic mass is 10.1. The number of anilines is 3. The van der Waals surface area contributed by atoms with Crippen molar-refractivity contribution >= 4 is 17.5 Å². The molecular weight excluding hydrogens is 381 g/mol. The van der Waals surface area contributed by atoms with Crippen LogP contribution in [0.3, 0.4) is 0 Å². The van der Waals surface area contributed by atoms with Crippen molar-refractivity contribution in [2.24, 2.45) is 5.92 Å². The van der Waals surface area contributed by atoms with E-state index in [4.69, 9.17) is 0 Å². The Morgan fingerprint density at radius 2 is 1.69 bits per heavy atom. The van der Waals surface area contributed by atoms with E-state index in [1.165, 1.54) is 0 Å². The number of nitrogens with one attached hydrogen (secondary N) is 2. The molecule has 0 aliphatic heterocycles. The zero-order chi connectivity index (χ0) is 21.0. The van der Waals surface area contributed by atoms with Crippen molar-refractivity contribution in [2.75, 3.05) is 17.2 Å². The molecule has 1 atom stereocenters. The molecule has 3 rings (SSSR count). The molecule has 0 aliphatic carbocycles. The van der Waals surface area contributed by atoms with E-state index in [9.17, 15) is 18.3 Å². The Labute approximate surface area is 166 Å². The largest absolute Gasteiger partial charge is 0.394 e. The van der Waals surface area contributed by atoms with Gasteiger partial charge < -0.3 is 15.7 Å². The van der Waals surface area contributed by atoms with Crippen LogP contribution in [0.5, 0.6) is 0 Å². The van der Waals surface area contributed by atoms with Gasteiger partial charge in [0.2, 0.25) is 5.95 Å². The van der Waals surface area contributed by atoms with Crippen molar-refractivity contribution in [1.29, 1.82) is 0 Å². The molecule has 0 aliphatic rings. The molecule has 1 aromatic heterocycles. The van der Waals surface area contributed by atoms with Crippen LogP contribution in [0.15, 0.2) is 48.5 Å². The van der Waals surface area contributed by atoms with Gasteiger partial charge in [-0.1, -0.05) is 44.2 Å². The number of halogens is 3. The second-order valence-corrected chi connectivity index (χ2v) is 6.85. The van der Waals surface area contributed by atoms with Crippen molar-refractivity contribution in [1.82, 2.24) is 9.97 Å². The highest BCUT2D eigenvalue weighted by Crippen LogP contribution is 2.27. The summed E-state index contributed by atoms with van der Waals surface area (Å²) < 4.78 is 40.8. The van der Waals surface area contributed by atoms with E-state index >= 15 is 0 Å². The van der Waals surface area contributed by atoms with E-state index in [-0.39, 0.29) is 36.0 Å². The second-order valence-electron chi connectivity index (χ2n) is 6.85. The number of nitrogens with zero attached hydrogens (tertiary/aromatic N) is 2. The molecule has 0 bridgehead atoms. The summed E-state index contributed by atoms with van der Waals surface area (Å²) in [5.41, 5.74) is 1.07. The van der Waals surface area contributed by atoms with E-state index < -0.39 is 17.5 Å². The molecule has 2 aromatic carbocycles. The molecule has 29 heavy (non-hydrogen) atoms. The number of hydrogen-bond donors (Lipinski definition) is 3. The van der Waals surface area contributed by atoms with Gasteiger partial charge >= 0.3 is 0 Å². The minimum absolute atomic E-state index is 0.101. The standard InChI is InChI=1S/C21H21F3N4O/c1-12(2)17(11-29)27-21-26-16(13-6-4-3-5-7-13)10-18(28-21)25-15-9-8-14(22)19(23)20(15)24/h3-10,12,17,29H,11H2,1-2H3,(H2,25,26,27,28)/t17-/m0/s1. The first kappa shape index (κ1) is 20.6. The first-order valence-electron chi connectivity index (χ1n) is 9.11. The summed E-state index contributed by atoms with van der Waals surface area (Å²) in [5.74, 6) is -3.67. The molecule has 0 saturated heterocycles. The van der Waals surface area contributed by atoms with Crippen LogP contribution in [-0.4, -0.2) is 27.7 Å². The average Bonchev–Trinajstić information content (AvgIpc) is 2.72. The van der Waals surface area contributed by atoms with Gasteiger partial charge in [-0.15, -0.1) is 0 Å². The molecule has 0 unspecified atom stereocenters. The third kappa shape index (κ3) is 4.83. The Kier molecular flexibility index (Phi) is 6.33. The first-order valence-corrected chi connectivity index (χ1v) is 9.11. The van der Waals surface area contributed by atoms with Gasteiger partial charge in [-0.2, -0.15) is 4.98 Å². The van der Waals surface area contributed by atoms with Gasteiger partial charge in [0.25, 0.3) is 0 Å². The number of rotatable bonds is 7. The molecule has 0 saturated carbocycles. The molecule has 3 N–H and O–H groups in total. The Balaban J connectivity index is 2.01. The SMILES string of the molecule is CC(C)[C@H](CO)Nc1nc(Nc2ccc(F)c(F)c2F)cc(-c2ccccc2)n1. The maximum atomic E-state index is 14.1. The zero-order valence-electron chi connectivity index (χ0n) is 16.0. The maximum absolute atomic E-state index is 14.1. The van der Waals surface area contributed by atoms with Gasteiger partial charge in [-0.25, -0.2) is 18.2 Å². The Bertz CT molecular complexity index is 983. The fourth-order valence-electron chi connectivity index (χ4n) is 2.68. The predicted octanol–water partition coefficient (Wildman–Crippen LogP) is 4.73. The van der Waals surface area contributed by atoms with Crippen LogP contribution in [0.1, 0.15) is 13.8 Å². The fourth-order valence-corrected chi connectivity index (χ4v) is 2.68. The highest BCUT2D eigenvalue weighted by Gasteiger charge is 2.17. The monoisotopic (exact) mass is 402 g/mol. The quantitative estimate of drug-likeness (QED) is 0.499. The predicted molar refractivity (Wildman–Crippen MR) is 106 cm³/mol. The topological polar surface area (TPSA) is 70.1 Å². The number of aliphatic hydroxyl groups is 1. The highest BCUT2D eigenvalue weighted by atomic mass is 19.2. The minimum atomic E-state index is -1.56. The van der Waals surface area contributed by atoms with Gasteiger partial charge in [-0.3, -0.25) is 0 Å². The Morgan fingerprint density at radius 1 is 0.966 bits per heavy atom. The number of aliphatic hydroxyl groups excluding tert-OH is 1. The van der Waals surface area contributed by atoms with Crippen molar-refractivity contribution in [3.8, 4) is 11.3 Å². The molecule has 1 heterocycles. The van der Waals surface area contributed by atoms with E-state index in [1.54, 1.807) is 6.07 Å². The molecular formula is C21H21F3N4O. The normalized spacial score (nSPS) is 12.1. The number of aromatic nitrogens is 2. The highest BCUT2D eigenvalue weighted by molar-refractivity contribution is 5.67. The summed E-state index contributed by atoms with van der Waals surface area (Å²) in [4.78, 5) is 8.76. The minimum Gasteiger partial charge on any atom is -0.394 e. The van der Waals surface area contributed by atoms with Crippen LogP contribution in [0, 0.1) is 23.4 Å². The lowest BCUT2D eigenvalue weighted by Crippen LogP contribution is -2.30. The molecule has 5 nitrogen and oxygen atoms in total. The molecule has 0 fully saturated rings. The van der Waals surface area contributed by atoms with Crippen LogP contribution >= 0.6 is 0 Å². The van der Waals surface area contributed by atoms with Gasteiger partial charge in [0, 0.05) is 11.6 Å². The van der Waals surface area contributed by atoms with Gasteiger partial charge in [0.05, 0.1) is 24.0 Å². The van der Waals surface area contributed by atoms with Crippen molar-refractivity contribution in [3.63, 3.8) is 0 Å². The fraction of sp³-hybridized carbons (Fsp3) is 0.238. The second kappa shape index (κ2) is 8.91. The van der Waals surface area contributed by atoms with Gasteiger partial charge in [-0.05, 0) is 18.1 Å². The summed E-state index contributed by atoms with van der Waals surface area (Å²) in [5, 5.41) is 15.3. The van der Waals surface area contributed by atoms with Crippen LogP contribution < -0.4 is 10.6 Å². The number of benzene rings is 2. The molecule has 3 aromatic rings. The third-order valence-corrected chi connectivity index (χ3v) is 4.41. The van der Waals surface area contributed by atoms with Gasteiger partial charge in [0.1, 0.15) is 5.82 Å². The molecule has 8 heteroatoms. The van der Waals surface area contributed by atoms with Crippen molar-refractivity contribution in [2.45, 2.75) is 19.9 Å². The summed E-state index contributed by atoms with van der Waals surface area (Å²) in [6.45, 7) is 3.74. The van der Waals surface area contributed by atoms with E-state index in [1.807, 2.05) is 44.2 Å². The van der Waals surface area contributed by atoms with E-state index in [0.717, 1.165) is 17.7 Å². The third-order valence-electron chi connectivity index (χ3n) is 4.41. The lowest BCUT2D eigenvalue weighted by Gasteiger charge is -2.20. The average molecular weight is 402 g/mol. The van der Waals surface area contributed by atoms with Crippen molar-refractivity contribution < 1.29 is 18.3 Å². The molecule has 0 radical (unpaired) electrons. The van der Waals surface area contributed by atoms with Crippen LogP contribution in [0.4, 0.5) is 30.6 Å². The molecule has 0 amide bonds. The first-order chi connectivity index (χ1) is 13.9. The molecule has 152 valence electrons. The maximum Gasteiger partial charge on any atom is 0.225 e. The molecule has 0 spiro atoms. The van der Waals surface area contributed by atoms with Crippen LogP contribution in [0.25, 0.3) is 11.3 Å². The number of hydrogen-bond acceptors (Lipinski definition) is 5. The van der Waals surface area contributed by atoms with Gasteiger partial charge in [0.15, 0.2) is 17.5 Å². The smallest absolute Gasteiger partial charge is 0.225 e. The lowest BCUT2D eigenvalue weighted by molar-refractivity contribution is 0.248. The summed E-state index contributed by atoms with van der Waals surface area (Å²) >= 11 is 0. The van der Waals surface area contributed by atoms with Crippen LogP contribution in [0.2, 0.25) is 0 Å². The van der Waals surface area contributed by atoms with Crippen LogP contribution in [-0.2, 0) is 0 Å². The zero-order valence-corrected chi connectivity index (χ0v) is 16.0. The Hall–Kier alpha value is -3.13. The Morgan fingerprint density at radius 3 is 2.34 bits per heavy atom. The summed E-state index contributed by atoms with van der Waals surface area (Å²) in [6, 6.07) is 12.4. The van der Waals surface area contributed by atoms with Crippen molar-refractivity contribution in [3.05, 3.63) is 66.0 Å². The summed E-state index contributed by atoms with van der Waals surface area (Å²) in [6.07, 6.45) is 0. The van der Waals surface area contributed by atoms with E-state index in [0.29, 0.717) is 5.69 Å².